The lowest BCUT2D eigenvalue weighted by Gasteiger charge is -2.06. The van der Waals surface area contributed by atoms with Crippen molar-refractivity contribution in [1.29, 1.82) is 0 Å². The van der Waals surface area contributed by atoms with Crippen LogP contribution in [0.4, 0.5) is 0 Å². The van der Waals surface area contributed by atoms with Crippen LogP contribution in [0, 0.1) is 0 Å². The van der Waals surface area contributed by atoms with E-state index in [1.165, 1.54) is 11.3 Å². The standard InChI is InChI=1S/C15H10N2OS2/c18-10-15-17-9-14(20-15)12-6-7-16-8-13(12)19-11-4-2-1-3-5-11/h1-10H. The van der Waals surface area contributed by atoms with E-state index < -0.39 is 0 Å². The molecule has 98 valence electrons. The molecule has 0 saturated carbocycles. The SMILES string of the molecule is O=Cc1ncc(-c2ccncc2Sc2ccccc2)s1. The number of carbonyl (C=O) groups excluding carboxylic acids is 1. The van der Waals surface area contributed by atoms with Crippen molar-refractivity contribution in [3.63, 3.8) is 0 Å². The third-order valence-electron chi connectivity index (χ3n) is 2.65. The zero-order chi connectivity index (χ0) is 13.8. The molecule has 0 fully saturated rings. The summed E-state index contributed by atoms with van der Waals surface area (Å²) in [7, 11) is 0. The number of thiazole rings is 1. The highest BCUT2D eigenvalue weighted by Crippen LogP contribution is 2.37. The van der Waals surface area contributed by atoms with Crippen molar-refractivity contribution >= 4 is 29.4 Å². The van der Waals surface area contributed by atoms with E-state index in [0.29, 0.717) is 5.01 Å². The predicted molar refractivity (Wildman–Crippen MR) is 81.3 cm³/mol. The van der Waals surface area contributed by atoms with Gasteiger partial charge in [0.25, 0.3) is 0 Å². The first-order chi connectivity index (χ1) is 9.86. The Labute approximate surface area is 124 Å². The van der Waals surface area contributed by atoms with Crippen LogP contribution in [-0.2, 0) is 0 Å². The van der Waals surface area contributed by atoms with Gasteiger partial charge in [0.15, 0.2) is 11.3 Å². The van der Waals surface area contributed by atoms with E-state index in [1.807, 2.05) is 30.5 Å². The molecule has 0 saturated heterocycles. The second kappa shape index (κ2) is 5.98. The van der Waals surface area contributed by atoms with Gasteiger partial charge in [-0.3, -0.25) is 9.78 Å². The number of carbonyl (C=O) groups is 1. The highest BCUT2D eigenvalue weighted by molar-refractivity contribution is 7.99. The molecule has 0 atom stereocenters. The van der Waals surface area contributed by atoms with Crippen molar-refractivity contribution in [3.8, 4) is 10.4 Å². The number of pyridine rings is 1. The van der Waals surface area contributed by atoms with Crippen molar-refractivity contribution in [2.24, 2.45) is 0 Å². The van der Waals surface area contributed by atoms with Gasteiger partial charge in [-0.2, -0.15) is 0 Å². The molecule has 20 heavy (non-hydrogen) atoms. The van der Waals surface area contributed by atoms with Crippen LogP contribution in [0.2, 0.25) is 0 Å². The third-order valence-corrected chi connectivity index (χ3v) is 4.65. The van der Waals surface area contributed by atoms with Gasteiger partial charge in [-0.15, -0.1) is 11.3 Å². The first-order valence-electron chi connectivity index (χ1n) is 5.95. The summed E-state index contributed by atoms with van der Waals surface area (Å²) in [5, 5.41) is 0.493. The molecule has 0 aliphatic heterocycles. The van der Waals surface area contributed by atoms with E-state index in [4.69, 9.17) is 0 Å². The van der Waals surface area contributed by atoms with E-state index in [9.17, 15) is 4.79 Å². The Morgan fingerprint density at radius 1 is 1.10 bits per heavy atom. The number of nitrogens with zero attached hydrogens (tertiary/aromatic N) is 2. The molecule has 3 aromatic rings. The molecule has 3 nitrogen and oxygen atoms in total. The van der Waals surface area contributed by atoms with Crippen LogP contribution >= 0.6 is 23.1 Å². The first-order valence-corrected chi connectivity index (χ1v) is 7.58. The largest absolute Gasteiger partial charge is 0.295 e. The monoisotopic (exact) mass is 298 g/mol. The number of rotatable bonds is 4. The fourth-order valence-electron chi connectivity index (χ4n) is 1.75. The van der Waals surface area contributed by atoms with Crippen LogP contribution in [0.5, 0.6) is 0 Å². The molecule has 0 aliphatic carbocycles. The molecule has 1 aromatic carbocycles. The summed E-state index contributed by atoms with van der Waals surface area (Å²) >= 11 is 3.04. The molecular weight excluding hydrogens is 288 g/mol. The molecule has 0 radical (unpaired) electrons. The van der Waals surface area contributed by atoms with Gasteiger partial charge in [0.1, 0.15) is 0 Å². The average molecular weight is 298 g/mol. The van der Waals surface area contributed by atoms with E-state index in [1.54, 1.807) is 24.2 Å². The number of hydrogen-bond acceptors (Lipinski definition) is 5. The summed E-state index contributed by atoms with van der Waals surface area (Å²) in [6.45, 7) is 0. The average Bonchev–Trinajstić information content (AvgIpc) is 2.98. The lowest BCUT2D eigenvalue weighted by Crippen LogP contribution is -1.82. The van der Waals surface area contributed by atoms with Crippen LogP contribution in [-0.4, -0.2) is 16.3 Å². The molecule has 2 heterocycles. The first kappa shape index (κ1) is 13.0. The second-order valence-corrected chi connectivity index (χ2v) is 6.15. The van der Waals surface area contributed by atoms with Crippen molar-refractivity contribution < 1.29 is 4.79 Å². The summed E-state index contributed by atoms with van der Waals surface area (Å²) < 4.78 is 0. The Balaban J connectivity index is 1.98. The number of hydrogen-bond donors (Lipinski definition) is 0. The predicted octanol–water partition coefficient (Wildman–Crippen LogP) is 4.17. The maximum Gasteiger partial charge on any atom is 0.178 e. The van der Waals surface area contributed by atoms with E-state index in [2.05, 4.69) is 22.1 Å². The van der Waals surface area contributed by atoms with Crippen LogP contribution < -0.4 is 0 Å². The van der Waals surface area contributed by atoms with Gasteiger partial charge in [0.2, 0.25) is 0 Å². The summed E-state index contributed by atoms with van der Waals surface area (Å²) in [5.41, 5.74) is 1.06. The Morgan fingerprint density at radius 2 is 1.95 bits per heavy atom. The van der Waals surface area contributed by atoms with Crippen molar-refractivity contribution in [2.75, 3.05) is 0 Å². The van der Waals surface area contributed by atoms with Gasteiger partial charge in [-0.25, -0.2) is 4.98 Å². The lowest BCUT2D eigenvalue weighted by molar-refractivity contribution is 0.112. The Hall–Kier alpha value is -1.98. The summed E-state index contributed by atoms with van der Waals surface area (Å²) in [5.74, 6) is 0. The minimum atomic E-state index is 0.493. The smallest absolute Gasteiger partial charge is 0.178 e. The van der Waals surface area contributed by atoms with Crippen LogP contribution in [0.1, 0.15) is 9.80 Å². The zero-order valence-corrected chi connectivity index (χ0v) is 12.0. The molecule has 0 bridgehead atoms. The Kier molecular flexibility index (Phi) is 3.90. The number of benzene rings is 1. The molecule has 2 aromatic heterocycles. The minimum absolute atomic E-state index is 0.493. The van der Waals surface area contributed by atoms with Crippen LogP contribution in [0.3, 0.4) is 0 Å². The highest BCUT2D eigenvalue weighted by atomic mass is 32.2. The van der Waals surface area contributed by atoms with Crippen LogP contribution in [0.25, 0.3) is 10.4 Å². The summed E-state index contributed by atoms with van der Waals surface area (Å²) in [6, 6.07) is 12.1. The van der Waals surface area contributed by atoms with Crippen LogP contribution in [0.15, 0.2) is 64.8 Å². The maximum atomic E-state index is 10.8. The Morgan fingerprint density at radius 3 is 2.70 bits per heavy atom. The summed E-state index contributed by atoms with van der Waals surface area (Å²) in [4.78, 5) is 22.2. The van der Waals surface area contributed by atoms with E-state index in [-0.39, 0.29) is 0 Å². The molecular formula is C15H10N2OS2. The molecule has 0 aliphatic rings. The molecule has 3 rings (SSSR count). The Bertz CT molecular complexity index is 726. The van der Waals surface area contributed by atoms with Gasteiger partial charge in [-0.1, -0.05) is 30.0 Å². The van der Waals surface area contributed by atoms with Crippen molar-refractivity contribution in [3.05, 3.63) is 60.0 Å². The maximum absolute atomic E-state index is 10.8. The molecule has 0 unspecified atom stereocenters. The quantitative estimate of drug-likeness (QED) is 0.678. The van der Waals surface area contributed by atoms with Gasteiger partial charge in [0.05, 0.1) is 4.88 Å². The molecule has 0 spiro atoms. The molecule has 5 heteroatoms. The molecule has 0 N–H and O–H groups in total. The topological polar surface area (TPSA) is 42.9 Å². The minimum Gasteiger partial charge on any atom is -0.295 e. The highest BCUT2D eigenvalue weighted by Gasteiger charge is 2.10. The zero-order valence-electron chi connectivity index (χ0n) is 10.4. The van der Waals surface area contributed by atoms with Crippen molar-refractivity contribution in [2.45, 2.75) is 9.79 Å². The van der Waals surface area contributed by atoms with Crippen molar-refractivity contribution in [1.82, 2.24) is 9.97 Å². The van der Waals surface area contributed by atoms with Gasteiger partial charge >= 0.3 is 0 Å². The fourth-order valence-corrected chi connectivity index (χ4v) is 3.53. The number of aldehydes is 1. The van der Waals surface area contributed by atoms with E-state index in [0.717, 1.165) is 26.5 Å². The van der Waals surface area contributed by atoms with Gasteiger partial charge in [-0.05, 0) is 18.2 Å². The lowest BCUT2D eigenvalue weighted by atomic mass is 10.2. The normalized spacial score (nSPS) is 10.4. The van der Waals surface area contributed by atoms with E-state index >= 15 is 0 Å². The fraction of sp³-hybridized carbons (Fsp3) is 0. The second-order valence-electron chi connectivity index (χ2n) is 3.97. The van der Waals surface area contributed by atoms with Gasteiger partial charge in [0, 0.05) is 33.9 Å². The van der Waals surface area contributed by atoms with Gasteiger partial charge < -0.3 is 0 Å². The number of aromatic nitrogens is 2. The third kappa shape index (κ3) is 2.79. The molecule has 0 amide bonds. The summed E-state index contributed by atoms with van der Waals surface area (Å²) in [6.07, 6.45) is 6.11.